The molecule has 0 saturated carbocycles. The lowest BCUT2D eigenvalue weighted by Gasteiger charge is -2.07. The molecule has 1 atom stereocenters. The maximum Gasteiger partial charge on any atom is 0.288 e. The Morgan fingerprint density at radius 1 is 1.26 bits per heavy atom. The van der Waals surface area contributed by atoms with Crippen LogP contribution in [0.5, 0.6) is 0 Å². The van der Waals surface area contributed by atoms with Gasteiger partial charge in [0.25, 0.3) is 17.1 Å². The molecule has 2 aliphatic heterocycles. The number of carbonyl (C=O) groups excluding carboxylic acids is 3. The number of nitrogens with one attached hydrogen (secondary N) is 1. The van der Waals surface area contributed by atoms with E-state index in [0.29, 0.717) is 5.56 Å². The Kier molecular flexibility index (Phi) is 2.63. The van der Waals surface area contributed by atoms with Crippen molar-refractivity contribution in [2.24, 2.45) is 4.99 Å². The lowest BCUT2D eigenvalue weighted by molar-refractivity contribution is -0.118. The SMILES string of the molecule is CN1C(=O)C(=NC2SC(=O)NC2=O)c2ccccc21. The van der Waals surface area contributed by atoms with Crippen LogP contribution in [0.2, 0.25) is 0 Å². The van der Waals surface area contributed by atoms with Gasteiger partial charge in [0.2, 0.25) is 0 Å². The van der Waals surface area contributed by atoms with Crippen molar-refractivity contribution in [3.05, 3.63) is 29.8 Å². The third-order valence-corrected chi connectivity index (χ3v) is 3.80. The Hall–Kier alpha value is -2.15. The minimum Gasteiger partial charge on any atom is -0.309 e. The zero-order valence-corrected chi connectivity index (χ0v) is 10.7. The minimum atomic E-state index is -0.883. The standard InChI is InChI=1S/C12H9N3O3S/c1-15-7-5-3-2-4-6(7)8(11(15)17)13-10-9(16)14-12(18)19-10/h2-5,10H,1H3,(H,14,16,18). The molecule has 1 fully saturated rings. The van der Waals surface area contributed by atoms with Crippen LogP contribution in [0.25, 0.3) is 0 Å². The molecule has 1 N–H and O–H groups in total. The molecule has 2 heterocycles. The summed E-state index contributed by atoms with van der Waals surface area (Å²) in [6, 6.07) is 7.21. The number of carbonyl (C=O) groups is 3. The fourth-order valence-electron chi connectivity index (χ4n) is 2.02. The molecule has 2 aliphatic rings. The molecule has 1 aromatic carbocycles. The van der Waals surface area contributed by atoms with Crippen LogP contribution in [0.3, 0.4) is 0 Å². The van der Waals surface area contributed by atoms with Gasteiger partial charge >= 0.3 is 0 Å². The number of imide groups is 1. The summed E-state index contributed by atoms with van der Waals surface area (Å²) in [7, 11) is 1.65. The van der Waals surface area contributed by atoms with Gasteiger partial charge in [-0.3, -0.25) is 24.7 Å². The van der Waals surface area contributed by atoms with Crippen LogP contribution in [0.1, 0.15) is 5.56 Å². The molecule has 6 nitrogen and oxygen atoms in total. The molecule has 0 aliphatic carbocycles. The largest absolute Gasteiger partial charge is 0.309 e. The number of hydrogen-bond acceptors (Lipinski definition) is 5. The van der Waals surface area contributed by atoms with Crippen molar-refractivity contribution in [1.82, 2.24) is 5.32 Å². The van der Waals surface area contributed by atoms with E-state index < -0.39 is 16.5 Å². The van der Waals surface area contributed by atoms with Crippen molar-refractivity contribution in [1.29, 1.82) is 0 Å². The van der Waals surface area contributed by atoms with E-state index in [1.54, 1.807) is 19.2 Å². The van der Waals surface area contributed by atoms with Crippen LogP contribution >= 0.6 is 11.8 Å². The number of benzene rings is 1. The highest BCUT2D eigenvalue weighted by Crippen LogP contribution is 2.29. The monoisotopic (exact) mass is 275 g/mol. The number of aliphatic imine (C=N–C) groups is 1. The van der Waals surface area contributed by atoms with Gasteiger partial charge in [0, 0.05) is 12.6 Å². The van der Waals surface area contributed by atoms with Crippen molar-refractivity contribution in [3.8, 4) is 0 Å². The molecule has 0 bridgehead atoms. The molecular weight excluding hydrogens is 266 g/mol. The molecule has 96 valence electrons. The van der Waals surface area contributed by atoms with Gasteiger partial charge in [-0.05, 0) is 17.8 Å². The Labute approximate surface area is 112 Å². The van der Waals surface area contributed by atoms with Gasteiger partial charge in [-0.2, -0.15) is 0 Å². The zero-order valence-electron chi connectivity index (χ0n) is 9.91. The third-order valence-electron chi connectivity index (χ3n) is 2.94. The Balaban J connectivity index is 2.04. The summed E-state index contributed by atoms with van der Waals surface area (Å²) in [5.41, 5.74) is 1.66. The summed E-state index contributed by atoms with van der Waals surface area (Å²) in [5.74, 6) is -0.753. The first kappa shape index (κ1) is 11.9. The summed E-state index contributed by atoms with van der Waals surface area (Å²) < 4.78 is 0. The second-order valence-corrected chi connectivity index (χ2v) is 5.16. The van der Waals surface area contributed by atoms with E-state index in [4.69, 9.17) is 0 Å². The summed E-state index contributed by atoms with van der Waals surface area (Å²) in [6.07, 6.45) is 0. The normalized spacial score (nSPS) is 24.1. The molecule has 1 unspecified atom stereocenters. The number of thioether (sulfide) groups is 1. The van der Waals surface area contributed by atoms with Crippen molar-refractivity contribution < 1.29 is 14.4 Å². The Morgan fingerprint density at radius 3 is 2.68 bits per heavy atom. The predicted octanol–water partition coefficient (Wildman–Crippen LogP) is 0.761. The van der Waals surface area contributed by atoms with Crippen molar-refractivity contribution >= 4 is 40.2 Å². The van der Waals surface area contributed by atoms with E-state index in [9.17, 15) is 14.4 Å². The number of amides is 3. The van der Waals surface area contributed by atoms with Crippen molar-refractivity contribution in [2.45, 2.75) is 5.37 Å². The summed E-state index contributed by atoms with van der Waals surface area (Å²) in [4.78, 5) is 40.3. The van der Waals surface area contributed by atoms with Crippen LogP contribution < -0.4 is 10.2 Å². The molecule has 0 aromatic heterocycles. The summed E-state index contributed by atoms with van der Waals surface area (Å²) in [6.45, 7) is 0. The van der Waals surface area contributed by atoms with Gasteiger partial charge < -0.3 is 4.90 Å². The average Bonchev–Trinajstić information content (AvgIpc) is 2.83. The Morgan fingerprint density at radius 2 is 2.00 bits per heavy atom. The Bertz CT molecular complexity index is 641. The predicted molar refractivity (Wildman–Crippen MR) is 71.3 cm³/mol. The number of nitrogens with zero attached hydrogens (tertiary/aromatic N) is 2. The molecule has 0 spiro atoms. The number of anilines is 1. The molecule has 3 rings (SSSR count). The molecule has 7 heteroatoms. The number of hydrogen-bond donors (Lipinski definition) is 1. The third kappa shape index (κ3) is 1.82. The van der Waals surface area contributed by atoms with Gasteiger partial charge in [0.05, 0.1) is 5.69 Å². The average molecular weight is 275 g/mol. The second kappa shape index (κ2) is 4.20. The smallest absolute Gasteiger partial charge is 0.288 e. The molecule has 1 saturated heterocycles. The van der Waals surface area contributed by atoms with Crippen molar-refractivity contribution in [2.75, 3.05) is 11.9 Å². The van der Waals surface area contributed by atoms with Gasteiger partial charge in [0.1, 0.15) is 5.71 Å². The lowest BCUT2D eigenvalue weighted by Crippen LogP contribution is -2.28. The van der Waals surface area contributed by atoms with Gasteiger partial charge in [0.15, 0.2) is 5.37 Å². The molecule has 1 aromatic rings. The molecule has 3 amide bonds. The maximum atomic E-state index is 12.1. The number of rotatable bonds is 1. The van der Waals surface area contributed by atoms with Crippen LogP contribution in [0.15, 0.2) is 29.3 Å². The van der Waals surface area contributed by atoms with Gasteiger partial charge in [-0.15, -0.1) is 0 Å². The van der Waals surface area contributed by atoms with E-state index >= 15 is 0 Å². The number of para-hydroxylation sites is 1. The second-order valence-electron chi connectivity index (χ2n) is 4.11. The zero-order chi connectivity index (χ0) is 13.6. The number of fused-ring (bicyclic) bond motifs is 1. The molecular formula is C12H9N3O3S. The fourth-order valence-corrected chi connectivity index (χ4v) is 2.71. The van der Waals surface area contributed by atoms with Gasteiger partial charge in [-0.1, -0.05) is 18.2 Å². The summed E-state index contributed by atoms with van der Waals surface area (Å²) >= 11 is 0.781. The van der Waals surface area contributed by atoms with Gasteiger partial charge in [-0.25, -0.2) is 0 Å². The highest BCUT2D eigenvalue weighted by atomic mass is 32.2. The first-order valence-electron chi connectivity index (χ1n) is 5.54. The highest BCUT2D eigenvalue weighted by molar-refractivity contribution is 8.15. The molecule has 19 heavy (non-hydrogen) atoms. The van der Waals surface area contributed by atoms with Crippen LogP contribution in [-0.2, 0) is 9.59 Å². The number of likely N-dealkylation sites (N-methyl/N-ethyl adjacent to an activating group) is 1. The van der Waals surface area contributed by atoms with E-state index in [1.165, 1.54) is 4.90 Å². The summed E-state index contributed by atoms with van der Waals surface area (Å²) in [5, 5.41) is 0.822. The van der Waals surface area contributed by atoms with E-state index in [2.05, 4.69) is 10.3 Å². The first-order valence-corrected chi connectivity index (χ1v) is 6.42. The van der Waals surface area contributed by atoms with E-state index in [0.717, 1.165) is 17.4 Å². The maximum absolute atomic E-state index is 12.1. The first-order chi connectivity index (χ1) is 9.08. The van der Waals surface area contributed by atoms with Crippen LogP contribution in [0, 0.1) is 0 Å². The van der Waals surface area contributed by atoms with Crippen LogP contribution in [0.4, 0.5) is 10.5 Å². The van der Waals surface area contributed by atoms with E-state index in [-0.39, 0.29) is 11.6 Å². The lowest BCUT2D eigenvalue weighted by atomic mass is 10.1. The fraction of sp³-hybridized carbons (Fsp3) is 0.167. The topological polar surface area (TPSA) is 78.8 Å². The quantitative estimate of drug-likeness (QED) is 0.820. The molecule has 0 radical (unpaired) electrons. The van der Waals surface area contributed by atoms with E-state index in [1.807, 2.05) is 12.1 Å². The van der Waals surface area contributed by atoms with Crippen molar-refractivity contribution in [3.63, 3.8) is 0 Å². The highest BCUT2D eigenvalue weighted by Gasteiger charge is 2.36. The minimum absolute atomic E-state index is 0.223. The van der Waals surface area contributed by atoms with Crippen LogP contribution in [-0.4, -0.2) is 35.2 Å².